The number of hydrogen-bond acceptors (Lipinski definition) is 7. The highest BCUT2D eigenvalue weighted by Crippen LogP contribution is 2.33. The van der Waals surface area contributed by atoms with Gasteiger partial charge in [-0.2, -0.15) is 9.94 Å². The molecule has 8 nitrogen and oxygen atoms in total. The molecule has 0 unspecified atom stereocenters. The number of piperazine rings is 1. The number of hydrogen-bond donors (Lipinski definition) is 0. The smallest absolute Gasteiger partial charge is 0.250 e. The van der Waals surface area contributed by atoms with Crippen LogP contribution in [0.15, 0.2) is 48.7 Å². The molecule has 0 aliphatic carbocycles. The molecule has 0 atom stereocenters. The number of fused-ring (bicyclic) bond motifs is 1. The molecule has 5 rings (SSSR count). The first-order chi connectivity index (χ1) is 15.2. The third-order valence-corrected chi connectivity index (χ3v) is 5.73. The van der Waals surface area contributed by atoms with Crippen molar-refractivity contribution >= 4 is 22.5 Å². The Kier molecular flexibility index (Phi) is 4.71. The van der Waals surface area contributed by atoms with Crippen molar-refractivity contribution in [2.45, 2.75) is 13.8 Å². The lowest BCUT2D eigenvalue weighted by atomic mass is 10.0. The molecular weight excluding hydrogens is 388 g/mol. The fourth-order valence-electron chi connectivity index (χ4n) is 4.32. The first-order valence-corrected chi connectivity index (χ1v) is 10.3. The highest BCUT2D eigenvalue weighted by molar-refractivity contribution is 5.96. The van der Waals surface area contributed by atoms with Gasteiger partial charge in [0.05, 0.1) is 22.5 Å². The maximum Gasteiger partial charge on any atom is 0.250 e. The Hall–Kier alpha value is -3.99. The van der Waals surface area contributed by atoms with Gasteiger partial charge in [0.2, 0.25) is 5.95 Å². The standard InChI is InChI=1S/C23H22N8/c1-16-12-17(2)21-20(13-16)22(18(14-24)15-25-21)29-8-10-30(11-9-29)23-26-27-28-31(23)19-6-4-3-5-7-19/h3-7,12-13,15H,8-11H2,1-2H3. The molecule has 0 bridgehead atoms. The molecule has 1 fully saturated rings. The van der Waals surface area contributed by atoms with Gasteiger partial charge in [0.1, 0.15) is 6.07 Å². The van der Waals surface area contributed by atoms with Crippen LogP contribution in [0.2, 0.25) is 0 Å². The Morgan fingerprint density at radius 3 is 2.45 bits per heavy atom. The van der Waals surface area contributed by atoms with Crippen LogP contribution in [0.5, 0.6) is 0 Å². The van der Waals surface area contributed by atoms with Gasteiger partial charge >= 0.3 is 0 Å². The number of rotatable bonds is 3. The number of pyridine rings is 1. The van der Waals surface area contributed by atoms with Gasteiger partial charge in [0.15, 0.2) is 0 Å². The monoisotopic (exact) mass is 410 g/mol. The van der Waals surface area contributed by atoms with E-state index in [2.05, 4.69) is 62.4 Å². The summed E-state index contributed by atoms with van der Waals surface area (Å²) in [5, 5.41) is 23.1. The van der Waals surface area contributed by atoms with Crippen molar-refractivity contribution in [3.63, 3.8) is 0 Å². The summed E-state index contributed by atoms with van der Waals surface area (Å²) < 4.78 is 1.77. The minimum atomic E-state index is 0.611. The van der Waals surface area contributed by atoms with E-state index in [1.807, 2.05) is 30.3 Å². The Bertz CT molecular complexity index is 1280. The molecule has 4 aromatic rings. The number of para-hydroxylation sites is 1. The molecule has 3 heterocycles. The second-order valence-corrected chi connectivity index (χ2v) is 7.81. The third-order valence-electron chi connectivity index (χ3n) is 5.73. The van der Waals surface area contributed by atoms with Crippen molar-refractivity contribution in [2.75, 3.05) is 36.0 Å². The van der Waals surface area contributed by atoms with E-state index in [1.165, 1.54) is 5.56 Å². The van der Waals surface area contributed by atoms with E-state index in [0.29, 0.717) is 5.56 Å². The van der Waals surface area contributed by atoms with Crippen LogP contribution < -0.4 is 9.80 Å². The Morgan fingerprint density at radius 1 is 0.968 bits per heavy atom. The number of nitriles is 1. The van der Waals surface area contributed by atoms with Crippen molar-refractivity contribution in [3.05, 3.63) is 65.4 Å². The van der Waals surface area contributed by atoms with Crippen molar-refractivity contribution < 1.29 is 0 Å². The van der Waals surface area contributed by atoms with Crippen LogP contribution in [0, 0.1) is 25.2 Å². The van der Waals surface area contributed by atoms with Gasteiger partial charge in [-0.1, -0.05) is 34.9 Å². The fourth-order valence-corrected chi connectivity index (χ4v) is 4.32. The van der Waals surface area contributed by atoms with Crippen LogP contribution in [0.25, 0.3) is 16.6 Å². The second-order valence-electron chi connectivity index (χ2n) is 7.81. The lowest BCUT2D eigenvalue weighted by molar-refractivity contribution is 0.632. The zero-order chi connectivity index (χ0) is 21.4. The fraction of sp³-hybridized carbons (Fsp3) is 0.261. The molecule has 1 aliphatic heterocycles. The van der Waals surface area contributed by atoms with Gasteiger partial charge < -0.3 is 9.80 Å². The topological polar surface area (TPSA) is 86.8 Å². The van der Waals surface area contributed by atoms with Crippen LogP contribution in [-0.2, 0) is 0 Å². The van der Waals surface area contributed by atoms with E-state index in [1.54, 1.807) is 10.9 Å². The zero-order valence-corrected chi connectivity index (χ0v) is 17.5. The predicted octanol–water partition coefficient (Wildman–Crippen LogP) is 3.03. The van der Waals surface area contributed by atoms with Crippen molar-refractivity contribution in [1.29, 1.82) is 5.26 Å². The van der Waals surface area contributed by atoms with Gasteiger partial charge in [-0.05, 0) is 48.0 Å². The number of aromatic nitrogens is 5. The minimum absolute atomic E-state index is 0.611. The maximum atomic E-state index is 9.75. The van der Waals surface area contributed by atoms with Gasteiger partial charge in [0, 0.05) is 37.8 Å². The highest BCUT2D eigenvalue weighted by Gasteiger charge is 2.25. The van der Waals surface area contributed by atoms with Crippen LogP contribution >= 0.6 is 0 Å². The summed E-state index contributed by atoms with van der Waals surface area (Å²) in [6.45, 7) is 7.19. The molecular formula is C23H22N8. The molecule has 31 heavy (non-hydrogen) atoms. The average molecular weight is 410 g/mol. The average Bonchev–Trinajstić information content (AvgIpc) is 3.29. The molecule has 1 aliphatic rings. The van der Waals surface area contributed by atoms with E-state index in [0.717, 1.165) is 60.0 Å². The molecule has 0 amide bonds. The van der Waals surface area contributed by atoms with E-state index in [9.17, 15) is 5.26 Å². The Labute approximate surface area is 180 Å². The highest BCUT2D eigenvalue weighted by atomic mass is 15.6. The quantitative estimate of drug-likeness (QED) is 0.513. The molecule has 154 valence electrons. The molecule has 0 N–H and O–H groups in total. The molecule has 2 aromatic heterocycles. The number of tetrazole rings is 1. The SMILES string of the molecule is Cc1cc(C)c2ncc(C#N)c(N3CCN(c4nnnn4-c4ccccc4)CC3)c2c1. The lowest BCUT2D eigenvalue weighted by Gasteiger charge is -2.37. The summed E-state index contributed by atoms with van der Waals surface area (Å²) in [6.07, 6.45) is 1.70. The summed E-state index contributed by atoms with van der Waals surface area (Å²) in [6, 6.07) is 16.5. The summed E-state index contributed by atoms with van der Waals surface area (Å²) in [5.41, 5.74) is 5.77. The second kappa shape index (κ2) is 7.69. The normalized spacial score (nSPS) is 14.1. The first-order valence-electron chi connectivity index (χ1n) is 10.3. The zero-order valence-electron chi connectivity index (χ0n) is 17.5. The van der Waals surface area contributed by atoms with Crippen molar-refractivity contribution in [2.24, 2.45) is 0 Å². The number of benzene rings is 2. The summed E-state index contributed by atoms with van der Waals surface area (Å²) in [5.74, 6) is 0.734. The summed E-state index contributed by atoms with van der Waals surface area (Å²) in [7, 11) is 0. The first kappa shape index (κ1) is 19.0. The molecule has 0 radical (unpaired) electrons. The van der Waals surface area contributed by atoms with Crippen molar-refractivity contribution in [3.8, 4) is 11.8 Å². The third kappa shape index (κ3) is 3.34. The van der Waals surface area contributed by atoms with Crippen LogP contribution in [0.4, 0.5) is 11.6 Å². The van der Waals surface area contributed by atoms with Gasteiger partial charge in [-0.25, -0.2) is 0 Å². The predicted molar refractivity (Wildman–Crippen MR) is 120 cm³/mol. The summed E-state index contributed by atoms with van der Waals surface area (Å²) >= 11 is 0. The molecule has 0 spiro atoms. The van der Waals surface area contributed by atoms with E-state index < -0.39 is 0 Å². The van der Waals surface area contributed by atoms with Crippen LogP contribution in [0.3, 0.4) is 0 Å². The molecule has 2 aromatic carbocycles. The van der Waals surface area contributed by atoms with Crippen molar-refractivity contribution in [1.82, 2.24) is 25.2 Å². The van der Waals surface area contributed by atoms with Gasteiger partial charge in [0.25, 0.3) is 0 Å². The van der Waals surface area contributed by atoms with Gasteiger partial charge in [-0.3, -0.25) is 4.98 Å². The molecule has 1 saturated heterocycles. The number of anilines is 2. The van der Waals surface area contributed by atoms with Crippen LogP contribution in [0.1, 0.15) is 16.7 Å². The lowest BCUT2D eigenvalue weighted by Crippen LogP contribution is -2.47. The molecule has 8 heteroatoms. The van der Waals surface area contributed by atoms with E-state index in [4.69, 9.17) is 0 Å². The van der Waals surface area contributed by atoms with E-state index in [-0.39, 0.29) is 0 Å². The van der Waals surface area contributed by atoms with Gasteiger partial charge in [-0.15, -0.1) is 0 Å². The largest absolute Gasteiger partial charge is 0.366 e. The number of aryl methyl sites for hydroxylation is 2. The Balaban J connectivity index is 1.46. The maximum absolute atomic E-state index is 9.75. The molecule has 0 saturated carbocycles. The van der Waals surface area contributed by atoms with Crippen LogP contribution in [-0.4, -0.2) is 51.4 Å². The minimum Gasteiger partial charge on any atom is -0.366 e. The number of nitrogens with zero attached hydrogens (tertiary/aromatic N) is 8. The summed E-state index contributed by atoms with van der Waals surface area (Å²) in [4.78, 5) is 9.04. The Morgan fingerprint density at radius 2 is 1.71 bits per heavy atom. The van der Waals surface area contributed by atoms with E-state index >= 15 is 0 Å².